The van der Waals surface area contributed by atoms with Gasteiger partial charge in [-0.25, -0.2) is 0 Å². The molecule has 1 aliphatic rings. The molecule has 0 bridgehead atoms. The Kier molecular flexibility index (Phi) is 2.58. The van der Waals surface area contributed by atoms with Crippen molar-refractivity contribution in [2.45, 2.75) is 52.6 Å². The van der Waals surface area contributed by atoms with Crippen LogP contribution >= 0.6 is 0 Å². The molecule has 1 saturated carbocycles. The maximum atomic E-state index is 9.69. The van der Waals surface area contributed by atoms with E-state index in [4.69, 9.17) is 0 Å². The fraction of sp³-hybridized carbons (Fsp3) is 1.00. The summed E-state index contributed by atoms with van der Waals surface area (Å²) in [7, 11) is 0. The van der Waals surface area contributed by atoms with E-state index >= 15 is 0 Å². The Bertz CT molecular complexity index is 129. The molecule has 1 aliphatic carbocycles. The van der Waals surface area contributed by atoms with Crippen LogP contribution in [0, 0.1) is 11.3 Å². The summed E-state index contributed by atoms with van der Waals surface area (Å²) in [6.45, 7) is 6.68. The quantitative estimate of drug-likeness (QED) is 0.534. The van der Waals surface area contributed by atoms with Crippen molar-refractivity contribution in [3.63, 3.8) is 0 Å². The van der Waals surface area contributed by atoms with Crippen molar-refractivity contribution >= 4 is 0 Å². The molecule has 11 heavy (non-hydrogen) atoms. The maximum Gasteiger partial charge on any atom is 0.0570 e. The molecule has 1 nitrogen and oxygen atoms in total. The van der Waals surface area contributed by atoms with E-state index in [0.717, 1.165) is 6.42 Å². The second-order valence-corrected chi connectivity index (χ2v) is 4.81. The van der Waals surface area contributed by atoms with Gasteiger partial charge in [0.2, 0.25) is 0 Å². The van der Waals surface area contributed by atoms with Gasteiger partial charge in [-0.3, -0.25) is 0 Å². The molecule has 0 heterocycles. The minimum absolute atomic E-state index is 0.0625. The summed E-state index contributed by atoms with van der Waals surface area (Å²) in [5, 5.41) is 9.69. The third kappa shape index (κ3) is 2.48. The Balaban J connectivity index is 2.55. The van der Waals surface area contributed by atoms with Gasteiger partial charge in [-0.15, -0.1) is 0 Å². The van der Waals surface area contributed by atoms with Crippen LogP contribution in [0.3, 0.4) is 0 Å². The molecule has 0 unspecified atom stereocenters. The van der Waals surface area contributed by atoms with Crippen molar-refractivity contribution < 1.29 is 5.11 Å². The number of aliphatic hydroxyl groups is 1. The van der Waals surface area contributed by atoms with Crippen LogP contribution in [0.5, 0.6) is 0 Å². The molecular formula is C10H20O. The van der Waals surface area contributed by atoms with Gasteiger partial charge in [-0.1, -0.05) is 27.2 Å². The second-order valence-electron chi connectivity index (χ2n) is 4.81. The lowest BCUT2D eigenvalue weighted by atomic mass is 9.84. The Labute approximate surface area is 69.8 Å². The minimum atomic E-state index is -0.0625. The predicted octanol–water partition coefficient (Wildman–Crippen LogP) is 2.58. The summed E-state index contributed by atoms with van der Waals surface area (Å²) in [5.41, 5.74) is 0.365. The summed E-state index contributed by atoms with van der Waals surface area (Å²) < 4.78 is 0. The standard InChI is InChI=1S/C10H20O/c1-8-5-4-6-10(2,3)7-9(8)11/h8-9,11H,4-7H2,1-3H3/t8-,9+/m0/s1. The molecule has 66 valence electrons. The first-order chi connectivity index (χ1) is 5.01. The van der Waals surface area contributed by atoms with Gasteiger partial charge in [0.05, 0.1) is 6.10 Å². The smallest absolute Gasteiger partial charge is 0.0570 e. The Morgan fingerprint density at radius 3 is 2.64 bits per heavy atom. The van der Waals surface area contributed by atoms with Gasteiger partial charge >= 0.3 is 0 Å². The number of aliphatic hydroxyl groups excluding tert-OH is 1. The second kappa shape index (κ2) is 3.14. The van der Waals surface area contributed by atoms with Crippen molar-refractivity contribution in [2.75, 3.05) is 0 Å². The van der Waals surface area contributed by atoms with Crippen molar-refractivity contribution in [1.82, 2.24) is 0 Å². The van der Waals surface area contributed by atoms with Crippen LogP contribution < -0.4 is 0 Å². The van der Waals surface area contributed by atoms with E-state index in [0.29, 0.717) is 11.3 Å². The van der Waals surface area contributed by atoms with Crippen LogP contribution in [0.2, 0.25) is 0 Å². The molecular weight excluding hydrogens is 136 g/mol. The van der Waals surface area contributed by atoms with Gasteiger partial charge in [-0.05, 0) is 30.6 Å². The minimum Gasteiger partial charge on any atom is -0.393 e. The number of rotatable bonds is 0. The Morgan fingerprint density at radius 1 is 1.36 bits per heavy atom. The van der Waals surface area contributed by atoms with Crippen molar-refractivity contribution in [2.24, 2.45) is 11.3 Å². The molecule has 0 aromatic carbocycles. The van der Waals surface area contributed by atoms with Crippen LogP contribution in [0.25, 0.3) is 0 Å². The van der Waals surface area contributed by atoms with Crippen molar-refractivity contribution in [1.29, 1.82) is 0 Å². The van der Waals surface area contributed by atoms with Crippen LogP contribution in [0.1, 0.15) is 46.5 Å². The first kappa shape index (κ1) is 9.05. The van der Waals surface area contributed by atoms with Crippen molar-refractivity contribution in [3.8, 4) is 0 Å². The van der Waals surface area contributed by atoms with E-state index in [1.807, 2.05) is 0 Å². The highest BCUT2D eigenvalue weighted by atomic mass is 16.3. The van der Waals surface area contributed by atoms with E-state index in [2.05, 4.69) is 20.8 Å². The molecule has 0 aromatic rings. The predicted molar refractivity (Wildman–Crippen MR) is 47.4 cm³/mol. The average molecular weight is 156 g/mol. The SMILES string of the molecule is C[C@H]1CCCC(C)(C)C[C@H]1O. The first-order valence-corrected chi connectivity index (χ1v) is 4.69. The zero-order valence-corrected chi connectivity index (χ0v) is 7.93. The maximum absolute atomic E-state index is 9.69. The van der Waals surface area contributed by atoms with Gasteiger partial charge in [0, 0.05) is 0 Å². The monoisotopic (exact) mass is 156 g/mol. The van der Waals surface area contributed by atoms with E-state index < -0.39 is 0 Å². The summed E-state index contributed by atoms with van der Waals surface area (Å²) in [4.78, 5) is 0. The molecule has 2 atom stereocenters. The first-order valence-electron chi connectivity index (χ1n) is 4.69. The van der Waals surface area contributed by atoms with Crippen molar-refractivity contribution in [3.05, 3.63) is 0 Å². The van der Waals surface area contributed by atoms with Crippen LogP contribution in [-0.4, -0.2) is 11.2 Å². The Morgan fingerprint density at radius 2 is 2.00 bits per heavy atom. The molecule has 0 aromatic heterocycles. The molecule has 1 rings (SSSR count). The van der Waals surface area contributed by atoms with Crippen LogP contribution in [0.15, 0.2) is 0 Å². The fourth-order valence-corrected chi connectivity index (χ4v) is 1.96. The van der Waals surface area contributed by atoms with E-state index in [1.165, 1.54) is 19.3 Å². The summed E-state index contributed by atoms with van der Waals surface area (Å²) in [6.07, 6.45) is 4.67. The highest BCUT2D eigenvalue weighted by Crippen LogP contribution is 2.35. The summed E-state index contributed by atoms with van der Waals surface area (Å²) in [6, 6.07) is 0. The summed E-state index contributed by atoms with van der Waals surface area (Å²) >= 11 is 0. The molecule has 0 spiro atoms. The van der Waals surface area contributed by atoms with Gasteiger partial charge in [0.1, 0.15) is 0 Å². The highest BCUT2D eigenvalue weighted by Gasteiger charge is 2.28. The molecule has 0 saturated heterocycles. The number of hydrogen-bond donors (Lipinski definition) is 1. The van der Waals surface area contributed by atoms with Gasteiger partial charge in [0.15, 0.2) is 0 Å². The molecule has 1 N–H and O–H groups in total. The Hall–Kier alpha value is -0.0400. The largest absolute Gasteiger partial charge is 0.393 e. The molecule has 1 heteroatoms. The lowest BCUT2D eigenvalue weighted by Gasteiger charge is -2.25. The van der Waals surface area contributed by atoms with E-state index in [1.54, 1.807) is 0 Å². The fourth-order valence-electron chi connectivity index (χ4n) is 1.96. The normalized spacial score (nSPS) is 38.2. The third-order valence-electron chi connectivity index (χ3n) is 2.93. The summed E-state index contributed by atoms with van der Waals surface area (Å²) in [5.74, 6) is 0.511. The van der Waals surface area contributed by atoms with E-state index in [-0.39, 0.29) is 6.10 Å². The van der Waals surface area contributed by atoms with Crippen LogP contribution in [0.4, 0.5) is 0 Å². The zero-order chi connectivity index (χ0) is 8.48. The molecule has 0 radical (unpaired) electrons. The number of hydrogen-bond acceptors (Lipinski definition) is 1. The van der Waals surface area contributed by atoms with Gasteiger partial charge in [0.25, 0.3) is 0 Å². The molecule has 1 fully saturated rings. The van der Waals surface area contributed by atoms with Gasteiger partial charge < -0.3 is 5.11 Å². The lowest BCUT2D eigenvalue weighted by molar-refractivity contribution is 0.0802. The zero-order valence-electron chi connectivity index (χ0n) is 7.93. The average Bonchev–Trinajstić information content (AvgIpc) is 1.93. The lowest BCUT2D eigenvalue weighted by Crippen LogP contribution is -2.22. The third-order valence-corrected chi connectivity index (χ3v) is 2.93. The van der Waals surface area contributed by atoms with E-state index in [9.17, 15) is 5.11 Å². The highest BCUT2D eigenvalue weighted by molar-refractivity contribution is 4.80. The van der Waals surface area contributed by atoms with Gasteiger partial charge in [-0.2, -0.15) is 0 Å². The van der Waals surface area contributed by atoms with Crippen LogP contribution in [-0.2, 0) is 0 Å². The molecule has 0 aliphatic heterocycles. The topological polar surface area (TPSA) is 20.2 Å². The molecule has 0 amide bonds.